The first kappa shape index (κ1) is 13.7. The second-order valence-electron chi connectivity index (χ2n) is 4.42. The molecule has 5 nitrogen and oxygen atoms in total. The molecule has 0 spiro atoms. The molecule has 0 amide bonds. The molecule has 1 N–H and O–H groups in total. The number of nitrogens with one attached hydrogen (secondary N) is 1. The van der Waals surface area contributed by atoms with Gasteiger partial charge in [0.1, 0.15) is 5.82 Å². The molecular formula is C13H16BrN5. The maximum atomic E-state index is 4.43. The summed E-state index contributed by atoms with van der Waals surface area (Å²) >= 11 is 3.47. The Labute approximate surface area is 121 Å². The van der Waals surface area contributed by atoms with Crippen molar-refractivity contribution in [2.45, 2.75) is 13.5 Å². The third-order valence-corrected chi connectivity index (χ3v) is 3.18. The van der Waals surface area contributed by atoms with Crippen LogP contribution in [-0.2, 0) is 6.54 Å². The standard InChI is InChI=1S/C13H16BrN5/c1-9-4-5-11(14)12(18-9)15-6-10-7-16-13(17-8-10)19(2)3/h4-5,7-8H,6H2,1-3H3,(H,15,18). The number of pyridine rings is 1. The van der Waals surface area contributed by atoms with Gasteiger partial charge in [-0.3, -0.25) is 0 Å². The van der Waals surface area contributed by atoms with Crippen molar-refractivity contribution >= 4 is 27.7 Å². The van der Waals surface area contributed by atoms with Crippen molar-refractivity contribution in [1.29, 1.82) is 0 Å². The molecular weight excluding hydrogens is 306 g/mol. The third kappa shape index (κ3) is 3.64. The van der Waals surface area contributed by atoms with Crippen LogP contribution in [0.2, 0.25) is 0 Å². The number of aromatic nitrogens is 3. The average molecular weight is 322 g/mol. The number of aryl methyl sites for hydroxylation is 1. The van der Waals surface area contributed by atoms with E-state index in [9.17, 15) is 0 Å². The minimum atomic E-state index is 0.642. The second kappa shape index (κ2) is 5.97. The highest BCUT2D eigenvalue weighted by Gasteiger charge is 2.03. The lowest BCUT2D eigenvalue weighted by Crippen LogP contribution is -2.13. The van der Waals surface area contributed by atoms with Crippen molar-refractivity contribution in [2.75, 3.05) is 24.3 Å². The Morgan fingerprint density at radius 2 is 1.89 bits per heavy atom. The van der Waals surface area contributed by atoms with Crippen molar-refractivity contribution in [2.24, 2.45) is 0 Å². The largest absolute Gasteiger partial charge is 0.365 e. The maximum Gasteiger partial charge on any atom is 0.224 e. The Kier molecular flexibility index (Phi) is 4.31. The van der Waals surface area contributed by atoms with Crippen LogP contribution in [-0.4, -0.2) is 29.0 Å². The first-order valence-corrected chi connectivity index (χ1v) is 6.71. The van der Waals surface area contributed by atoms with E-state index in [1.165, 1.54) is 0 Å². The maximum absolute atomic E-state index is 4.43. The van der Waals surface area contributed by atoms with Gasteiger partial charge in [-0.1, -0.05) is 0 Å². The number of hydrogen-bond donors (Lipinski definition) is 1. The number of halogens is 1. The van der Waals surface area contributed by atoms with Gasteiger partial charge >= 0.3 is 0 Å². The van der Waals surface area contributed by atoms with E-state index in [2.05, 4.69) is 36.2 Å². The predicted molar refractivity (Wildman–Crippen MR) is 80.4 cm³/mol. The van der Waals surface area contributed by atoms with Crippen LogP contribution < -0.4 is 10.2 Å². The minimum Gasteiger partial charge on any atom is -0.365 e. The SMILES string of the molecule is Cc1ccc(Br)c(NCc2cnc(N(C)C)nc2)n1. The fourth-order valence-electron chi connectivity index (χ4n) is 1.52. The fraction of sp³-hybridized carbons (Fsp3) is 0.308. The molecule has 0 saturated carbocycles. The number of anilines is 2. The summed E-state index contributed by atoms with van der Waals surface area (Å²) in [6.45, 7) is 2.61. The van der Waals surface area contributed by atoms with Gasteiger partial charge in [-0.15, -0.1) is 0 Å². The van der Waals surface area contributed by atoms with Crippen LogP contribution in [0.4, 0.5) is 11.8 Å². The van der Waals surface area contributed by atoms with Crippen molar-refractivity contribution in [1.82, 2.24) is 15.0 Å². The van der Waals surface area contributed by atoms with E-state index in [0.717, 1.165) is 21.5 Å². The lowest BCUT2D eigenvalue weighted by molar-refractivity contribution is 0.966. The average Bonchev–Trinajstić information content (AvgIpc) is 2.40. The fourth-order valence-corrected chi connectivity index (χ4v) is 1.88. The monoisotopic (exact) mass is 321 g/mol. The predicted octanol–water partition coefficient (Wildman–Crippen LogP) is 2.62. The Bertz CT molecular complexity index is 553. The zero-order chi connectivity index (χ0) is 13.8. The zero-order valence-corrected chi connectivity index (χ0v) is 12.8. The summed E-state index contributed by atoms with van der Waals surface area (Å²) in [7, 11) is 3.84. The molecule has 2 aromatic rings. The Hall–Kier alpha value is -1.69. The molecule has 0 radical (unpaired) electrons. The van der Waals surface area contributed by atoms with Crippen molar-refractivity contribution in [3.63, 3.8) is 0 Å². The number of rotatable bonds is 4. The summed E-state index contributed by atoms with van der Waals surface area (Å²) in [5.41, 5.74) is 1.99. The molecule has 0 bridgehead atoms. The van der Waals surface area contributed by atoms with E-state index >= 15 is 0 Å². The van der Waals surface area contributed by atoms with Gasteiger partial charge in [0.25, 0.3) is 0 Å². The van der Waals surface area contributed by atoms with Crippen molar-refractivity contribution in [3.8, 4) is 0 Å². The molecule has 0 aliphatic rings. The van der Waals surface area contributed by atoms with Crippen molar-refractivity contribution in [3.05, 3.63) is 40.3 Å². The van der Waals surface area contributed by atoms with Crippen LogP contribution in [0, 0.1) is 6.92 Å². The lowest BCUT2D eigenvalue weighted by Gasteiger charge is -2.11. The lowest BCUT2D eigenvalue weighted by atomic mass is 10.3. The van der Waals surface area contributed by atoms with Crippen LogP contribution in [0.15, 0.2) is 29.0 Å². The van der Waals surface area contributed by atoms with Gasteiger partial charge in [0.15, 0.2) is 0 Å². The summed E-state index contributed by atoms with van der Waals surface area (Å²) in [4.78, 5) is 14.8. The van der Waals surface area contributed by atoms with Crippen LogP contribution >= 0.6 is 15.9 Å². The van der Waals surface area contributed by atoms with E-state index in [1.54, 1.807) is 0 Å². The highest BCUT2D eigenvalue weighted by molar-refractivity contribution is 9.10. The second-order valence-corrected chi connectivity index (χ2v) is 5.28. The molecule has 6 heteroatoms. The minimum absolute atomic E-state index is 0.642. The Morgan fingerprint density at radius 1 is 1.21 bits per heavy atom. The highest BCUT2D eigenvalue weighted by Crippen LogP contribution is 2.20. The van der Waals surface area contributed by atoms with Gasteiger partial charge in [-0.25, -0.2) is 15.0 Å². The molecule has 2 rings (SSSR count). The molecule has 19 heavy (non-hydrogen) atoms. The van der Waals surface area contributed by atoms with Crippen LogP contribution in [0.1, 0.15) is 11.3 Å². The molecule has 0 aliphatic carbocycles. The molecule has 0 aliphatic heterocycles. The topological polar surface area (TPSA) is 53.9 Å². The third-order valence-electron chi connectivity index (χ3n) is 2.54. The molecule has 100 valence electrons. The van der Waals surface area contributed by atoms with E-state index in [4.69, 9.17) is 0 Å². The molecule has 0 aromatic carbocycles. The smallest absolute Gasteiger partial charge is 0.224 e. The van der Waals surface area contributed by atoms with E-state index in [-0.39, 0.29) is 0 Å². The van der Waals surface area contributed by atoms with Gasteiger partial charge in [-0.2, -0.15) is 0 Å². The van der Waals surface area contributed by atoms with Gasteiger partial charge in [0.05, 0.1) is 4.47 Å². The summed E-state index contributed by atoms with van der Waals surface area (Å²) in [6, 6.07) is 3.94. The Morgan fingerprint density at radius 3 is 2.53 bits per heavy atom. The van der Waals surface area contributed by atoms with Gasteiger partial charge in [0, 0.05) is 44.3 Å². The summed E-state index contributed by atoms with van der Waals surface area (Å²) in [6.07, 6.45) is 3.64. The molecule has 0 saturated heterocycles. The van der Waals surface area contributed by atoms with Gasteiger partial charge in [0.2, 0.25) is 5.95 Å². The molecule has 2 aromatic heterocycles. The molecule has 0 fully saturated rings. The summed E-state index contributed by atoms with van der Waals surface area (Å²) in [5, 5.41) is 3.27. The normalized spacial score (nSPS) is 10.3. The zero-order valence-electron chi connectivity index (χ0n) is 11.2. The van der Waals surface area contributed by atoms with E-state index in [1.807, 2.05) is 50.4 Å². The summed E-state index contributed by atoms with van der Waals surface area (Å²) < 4.78 is 0.948. The quantitative estimate of drug-likeness (QED) is 0.938. The first-order valence-electron chi connectivity index (χ1n) is 5.91. The van der Waals surface area contributed by atoms with Crippen LogP contribution in [0.25, 0.3) is 0 Å². The first-order chi connectivity index (χ1) is 9.06. The molecule has 0 atom stereocenters. The molecule has 2 heterocycles. The van der Waals surface area contributed by atoms with Gasteiger partial charge in [-0.05, 0) is 35.0 Å². The van der Waals surface area contributed by atoms with E-state index < -0.39 is 0 Å². The van der Waals surface area contributed by atoms with Gasteiger partial charge < -0.3 is 10.2 Å². The summed E-state index contributed by atoms with van der Waals surface area (Å²) in [5.74, 6) is 1.54. The molecule has 0 unspecified atom stereocenters. The van der Waals surface area contributed by atoms with Crippen LogP contribution in [0.3, 0.4) is 0 Å². The van der Waals surface area contributed by atoms with Crippen molar-refractivity contribution < 1.29 is 0 Å². The van der Waals surface area contributed by atoms with E-state index in [0.29, 0.717) is 12.5 Å². The number of nitrogens with zero attached hydrogens (tertiary/aromatic N) is 4. The number of hydrogen-bond acceptors (Lipinski definition) is 5. The highest BCUT2D eigenvalue weighted by atomic mass is 79.9. The van der Waals surface area contributed by atoms with Crippen LogP contribution in [0.5, 0.6) is 0 Å². The Balaban J connectivity index is 2.04.